The largest absolute Gasteiger partial charge is 0.493 e. The number of ether oxygens (including phenoxy) is 2. The first-order valence-corrected chi connectivity index (χ1v) is 9.61. The van der Waals surface area contributed by atoms with Crippen LogP contribution < -0.4 is 20.2 Å². The zero-order chi connectivity index (χ0) is 22.2. The van der Waals surface area contributed by atoms with Crippen LogP contribution in [0.15, 0.2) is 71.8 Å². The number of hydrogen-bond acceptors (Lipinski definition) is 5. The fourth-order valence-electron chi connectivity index (χ4n) is 2.74. The van der Waals surface area contributed by atoms with Gasteiger partial charge in [-0.05, 0) is 60.2 Å². The highest BCUT2D eigenvalue weighted by atomic mass is 35.5. The number of methoxy groups -OCH3 is 2. The van der Waals surface area contributed by atoms with Crippen molar-refractivity contribution >= 4 is 35.3 Å². The fourth-order valence-corrected chi connectivity index (χ4v) is 2.87. The van der Waals surface area contributed by atoms with E-state index in [2.05, 4.69) is 15.8 Å². The second-order valence-corrected chi connectivity index (χ2v) is 6.76. The molecule has 0 aromatic heterocycles. The summed E-state index contributed by atoms with van der Waals surface area (Å²) in [6.45, 7) is 0. The SMILES string of the molecule is COc1ccc(/C=N\NC(=O)c2ccccc2NC(=O)c2ccc(Cl)cc2)cc1OC. The first kappa shape index (κ1) is 21.9. The zero-order valence-corrected chi connectivity index (χ0v) is 17.6. The normalized spacial score (nSPS) is 10.5. The minimum atomic E-state index is -0.469. The number of hydrogen-bond donors (Lipinski definition) is 2. The number of para-hydroxylation sites is 1. The van der Waals surface area contributed by atoms with Crippen molar-refractivity contribution in [2.45, 2.75) is 0 Å². The smallest absolute Gasteiger partial charge is 0.273 e. The molecule has 3 aromatic rings. The minimum Gasteiger partial charge on any atom is -0.493 e. The van der Waals surface area contributed by atoms with Crippen molar-refractivity contribution in [3.05, 3.63) is 88.4 Å². The standard InChI is InChI=1S/C23H20ClN3O4/c1-30-20-12-7-15(13-21(20)31-2)14-25-27-23(29)18-5-3-4-6-19(18)26-22(28)16-8-10-17(24)11-9-16/h3-14H,1-2H3,(H,26,28)(H,27,29)/b25-14-. The Morgan fingerprint density at radius 2 is 1.61 bits per heavy atom. The molecular weight excluding hydrogens is 418 g/mol. The third kappa shape index (κ3) is 5.61. The van der Waals surface area contributed by atoms with Crippen LogP contribution in [0.25, 0.3) is 0 Å². The molecule has 0 atom stereocenters. The highest BCUT2D eigenvalue weighted by molar-refractivity contribution is 6.30. The quantitative estimate of drug-likeness (QED) is 0.424. The van der Waals surface area contributed by atoms with Gasteiger partial charge in [-0.3, -0.25) is 9.59 Å². The van der Waals surface area contributed by atoms with Crippen LogP contribution in [0.3, 0.4) is 0 Å². The zero-order valence-electron chi connectivity index (χ0n) is 16.9. The summed E-state index contributed by atoms with van der Waals surface area (Å²) >= 11 is 5.86. The van der Waals surface area contributed by atoms with Crippen molar-refractivity contribution < 1.29 is 19.1 Å². The van der Waals surface area contributed by atoms with Crippen LogP contribution in [-0.4, -0.2) is 32.2 Å². The molecule has 0 bridgehead atoms. The third-order valence-corrected chi connectivity index (χ3v) is 4.57. The average molecular weight is 438 g/mol. The monoisotopic (exact) mass is 437 g/mol. The lowest BCUT2D eigenvalue weighted by molar-refractivity contribution is 0.0956. The van der Waals surface area contributed by atoms with Gasteiger partial charge in [-0.2, -0.15) is 5.10 Å². The molecular formula is C23H20ClN3O4. The van der Waals surface area contributed by atoms with Crippen molar-refractivity contribution in [2.75, 3.05) is 19.5 Å². The van der Waals surface area contributed by atoms with E-state index in [0.717, 1.165) is 0 Å². The average Bonchev–Trinajstić information content (AvgIpc) is 2.79. The number of benzene rings is 3. The summed E-state index contributed by atoms with van der Waals surface area (Å²) < 4.78 is 10.4. The number of amides is 2. The molecule has 8 heteroatoms. The summed E-state index contributed by atoms with van der Waals surface area (Å²) in [5.41, 5.74) is 4.23. The maximum atomic E-state index is 12.6. The van der Waals surface area contributed by atoms with Crippen LogP contribution in [0.5, 0.6) is 11.5 Å². The summed E-state index contributed by atoms with van der Waals surface area (Å²) in [6.07, 6.45) is 1.48. The predicted molar refractivity (Wildman–Crippen MR) is 120 cm³/mol. The Bertz CT molecular complexity index is 1110. The predicted octanol–water partition coefficient (Wildman–Crippen LogP) is 4.37. The molecule has 3 rings (SSSR count). The van der Waals surface area contributed by atoms with Gasteiger partial charge in [-0.1, -0.05) is 23.7 Å². The highest BCUT2D eigenvalue weighted by Gasteiger charge is 2.14. The first-order valence-electron chi connectivity index (χ1n) is 9.23. The summed E-state index contributed by atoms with van der Waals surface area (Å²) in [5.74, 6) is 0.316. The van der Waals surface area contributed by atoms with E-state index in [4.69, 9.17) is 21.1 Å². The van der Waals surface area contributed by atoms with Crippen LogP contribution >= 0.6 is 11.6 Å². The molecule has 2 N–H and O–H groups in total. The number of hydrazone groups is 1. The van der Waals surface area contributed by atoms with Crippen LogP contribution in [-0.2, 0) is 0 Å². The van der Waals surface area contributed by atoms with Crippen molar-refractivity contribution in [3.63, 3.8) is 0 Å². The van der Waals surface area contributed by atoms with Gasteiger partial charge in [0.05, 0.1) is 31.7 Å². The van der Waals surface area contributed by atoms with Crippen LogP contribution in [0.1, 0.15) is 26.3 Å². The molecule has 0 radical (unpaired) electrons. The highest BCUT2D eigenvalue weighted by Crippen LogP contribution is 2.26. The van der Waals surface area contributed by atoms with E-state index < -0.39 is 5.91 Å². The van der Waals surface area contributed by atoms with Gasteiger partial charge in [0.1, 0.15) is 0 Å². The molecule has 0 unspecified atom stereocenters. The minimum absolute atomic E-state index is 0.272. The Kier molecular flexibility index (Phi) is 7.24. The van der Waals surface area contributed by atoms with Gasteiger partial charge in [0.2, 0.25) is 0 Å². The molecule has 0 saturated heterocycles. The molecule has 158 valence electrons. The van der Waals surface area contributed by atoms with Crippen molar-refractivity contribution in [1.82, 2.24) is 5.43 Å². The molecule has 0 spiro atoms. The van der Waals surface area contributed by atoms with E-state index >= 15 is 0 Å². The molecule has 3 aromatic carbocycles. The molecule has 0 aliphatic heterocycles. The van der Waals surface area contributed by atoms with Crippen LogP contribution in [0, 0.1) is 0 Å². The summed E-state index contributed by atoms with van der Waals surface area (Å²) in [6, 6.07) is 18.4. The maximum absolute atomic E-state index is 12.6. The number of halogens is 1. The summed E-state index contributed by atoms with van der Waals surface area (Å²) in [5, 5.41) is 7.26. The molecule has 0 heterocycles. The van der Waals surface area contributed by atoms with Crippen LogP contribution in [0.2, 0.25) is 5.02 Å². The van der Waals surface area contributed by atoms with E-state index in [1.807, 2.05) is 0 Å². The Balaban J connectivity index is 1.70. The lowest BCUT2D eigenvalue weighted by Crippen LogP contribution is -2.21. The molecule has 0 saturated carbocycles. The Hall–Kier alpha value is -3.84. The first-order chi connectivity index (χ1) is 15.0. The molecule has 2 amide bonds. The molecule has 0 fully saturated rings. The molecule has 7 nitrogen and oxygen atoms in total. The Labute approximate surface area is 184 Å². The van der Waals surface area contributed by atoms with E-state index in [0.29, 0.717) is 33.3 Å². The topological polar surface area (TPSA) is 89.0 Å². The van der Waals surface area contributed by atoms with Gasteiger partial charge in [0.15, 0.2) is 11.5 Å². The van der Waals surface area contributed by atoms with Gasteiger partial charge in [-0.15, -0.1) is 0 Å². The van der Waals surface area contributed by atoms with Gasteiger partial charge in [-0.25, -0.2) is 5.43 Å². The number of nitrogens with one attached hydrogen (secondary N) is 2. The Morgan fingerprint density at radius 1 is 0.903 bits per heavy atom. The van der Waals surface area contributed by atoms with Gasteiger partial charge in [0.25, 0.3) is 11.8 Å². The fraction of sp³-hybridized carbons (Fsp3) is 0.0870. The second kappa shape index (κ2) is 10.3. The molecule has 0 aliphatic rings. The third-order valence-electron chi connectivity index (χ3n) is 4.31. The van der Waals surface area contributed by atoms with Gasteiger partial charge < -0.3 is 14.8 Å². The molecule has 31 heavy (non-hydrogen) atoms. The summed E-state index contributed by atoms with van der Waals surface area (Å²) in [4.78, 5) is 25.1. The van der Waals surface area contributed by atoms with Crippen molar-refractivity contribution in [1.29, 1.82) is 0 Å². The lowest BCUT2D eigenvalue weighted by Gasteiger charge is -2.10. The number of carbonyl (C=O) groups excluding carboxylic acids is 2. The Morgan fingerprint density at radius 3 is 2.32 bits per heavy atom. The maximum Gasteiger partial charge on any atom is 0.273 e. The lowest BCUT2D eigenvalue weighted by atomic mass is 10.1. The van der Waals surface area contributed by atoms with E-state index in [1.165, 1.54) is 13.3 Å². The number of rotatable bonds is 7. The van der Waals surface area contributed by atoms with Gasteiger partial charge >= 0.3 is 0 Å². The van der Waals surface area contributed by atoms with E-state index in [9.17, 15) is 9.59 Å². The van der Waals surface area contributed by atoms with E-state index in [1.54, 1.807) is 73.8 Å². The van der Waals surface area contributed by atoms with Crippen molar-refractivity contribution in [2.24, 2.45) is 5.10 Å². The molecule has 0 aliphatic carbocycles. The number of anilines is 1. The second-order valence-electron chi connectivity index (χ2n) is 6.32. The van der Waals surface area contributed by atoms with Gasteiger partial charge in [0, 0.05) is 10.6 Å². The summed E-state index contributed by atoms with van der Waals surface area (Å²) in [7, 11) is 3.09. The van der Waals surface area contributed by atoms with Crippen LogP contribution in [0.4, 0.5) is 5.69 Å². The van der Waals surface area contributed by atoms with E-state index in [-0.39, 0.29) is 11.5 Å². The number of nitrogens with zero attached hydrogens (tertiary/aromatic N) is 1. The number of carbonyl (C=O) groups is 2. The van der Waals surface area contributed by atoms with Crippen molar-refractivity contribution in [3.8, 4) is 11.5 Å².